The molecule has 1 saturated heterocycles. The number of alkyl halides is 3. The summed E-state index contributed by atoms with van der Waals surface area (Å²) in [5.41, 5.74) is 3.54. The van der Waals surface area contributed by atoms with Gasteiger partial charge in [-0.1, -0.05) is 12.1 Å². The van der Waals surface area contributed by atoms with Crippen molar-refractivity contribution >= 4 is 28.4 Å². The summed E-state index contributed by atoms with van der Waals surface area (Å²) in [6, 6.07) is 11.7. The summed E-state index contributed by atoms with van der Waals surface area (Å²) < 4.78 is 39.7. The van der Waals surface area contributed by atoms with E-state index in [2.05, 4.69) is 16.4 Å². The van der Waals surface area contributed by atoms with E-state index in [0.29, 0.717) is 30.6 Å². The van der Waals surface area contributed by atoms with E-state index < -0.39 is 12.1 Å². The van der Waals surface area contributed by atoms with Crippen LogP contribution in [-0.4, -0.2) is 46.0 Å². The van der Waals surface area contributed by atoms with Gasteiger partial charge in [-0.25, -0.2) is 4.98 Å². The van der Waals surface area contributed by atoms with Crippen LogP contribution in [0.2, 0.25) is 0 Å². The Kier molecular flexibility index (Phi) is 5.02. The van der Waals surface area contributed by atoms with Crippen molar-refractivity contribution in [3.05, 3.63) is 41.5 Å². The summed E-state index contributed by atoms with van der Waals surface area (Å²) in [7, 11) is 0. The van der Waals surface area contributed by atoms with Crippen molar-refractivity contribution in [1.29, 1.82) is 5.26 Å². The zero-order valence-corrected chi connectivity index (χ0v) is 16.3. The Morgan fingerprint density at radius 3 is 2.67 bits per heavy atom. The van der Waals surface area contributed by atoms with Gasteiger partial charge in [0.2, 0.25) is 0 Å². The van der Waals surface area contributed by atoms with Gasteiger partial charge >= 0.3 is 12.1 Å². The van der Waals surface area contributed by atoms with Crippen LogP contribution in [0, 0.1) is 24.2 Å². The molecule has 0 unspecified atom stereocenters. The van der Waals surface area contributed by atoms with Crippen molar-refractivity contribution in [2.24, 2.45) is 5.92 Å². The zero-order chi connectivity index (χ0) is 21.5. The predicted molar refractivity (Wildman–Crippen MR) is 106 cm³/mol. The molecule has 6 nitrogen and oxygen atoms in total. The molecule has 0 radical (unpaired) electrons. The van der Waals surface area contributed by atoms with E-state index in [9.17, 15) is 23.2 Å². The maximum Gasteiger partial charge on any atom is 0.471 e. The van der Waals surface area contributed by atoms with Crippen LogP contribution in [0.25, 0.3) is 16.7 Å². The number of imidazole rings is 1. The second-order valence-corrected chi connectivity index (χ2v) is 7.57. The quantitative estimate of drug-likeness (QED) is 0.705. The number of amides is 1. The Morgan fingerprint density at radius 1 is 1.30 bits per heavy atom. The summed E-state index contributed by atoms with van der Waals surface area (Å²) in [4.78, 5) is 16.9. The van der Waals surface area contributed by atoms with Crippen LogP contribution in [0.1, 0.15) is 24.0 Å². The molecule has 0 atom stereocenters. The fourth-order valence-corrected chi connectivity index (χ4v) is 3.99. The highest BCUT2D eigenvalue weighted by Gasteiger charge is 2.43. The molecule has 0 bridgehead atoms. The number of aromatic nitrogens is 2. The third-order valence-electron chi connectivity index (χ3n) is 5.60. The smallest absolute Gasteiger partial charge is 0.371 e. The fourth-order valence-electron chi connectivity index (χ4n) is 3.99. The largest absolute Gasteiger partial charge is 0.471 e. The second kappa shape index (κ2) is 7.52. The van der Waals surface area contributed by atoms with Gasteiger partial charge in [0.15, 0.2) is 5.65 Å². The Bertz CT molecular complexity index is 1150. The van der Waals surface area contributed by atoms with Crippen LogP contribution in [0.4, 0.5) is 19.0 Å². The normalized spacial score (nSPS) is 15.5. The molecule has 1 aliphatic heterocycles. The van der Waals surface area contributed by atoms with Crippen LogP contribution in [0.15, 0.2) is 30.3 Å². The third-order valence-corrected chi connectivity index (χ3v) is 5.60. The molecule has 9 heteroatoms. The number of rotatable bonds is 3. The molecule has 1 fully saturated rings. The lowest BCUT2D eigenvalue weighted by Crippen LogP contribution is -2.46. The topological polar surface area (TPSA) is 73.4 Å². The van der Waals surface area contributed by atoms with Gasteiger partial charge in [0.25, 0.3) is 0 Å². The molecule has 0 saturated carbocycles. The summed E-state index contributed by atoms with van der Waals surface area (Å²) in [6.07, 6.45) is -3.82. The molecular weight excluding hydrogens is 395 g/mol. The molecule has 1 aliphatic rings. The van der Waals surface area contributed by atoms with Crippen molar-refractivity contribution in [3.63, 3.8) is 0 Å². The Balaban J connectivity index is 1.54. The third kappa shape index (κ3) is 3.54. The van der Waals surface area contributed by atoms with Gasteiger partial charge in [-0.3, -0.25) is 9.20 Å². The number of piperidine rings is 1. The van der Waals surface area contributed by atoms with Gasteiger partial charge in [0.05, 0.1) is 16.6 Å². The number of anilines is 1. The van der Waals surface area contributed by atoms with E-state index in [-0.39, 0.29) is 19.0 Å². The van der Waals surface area contributed by atoms with Gasteiger partial charge in [0.1, 0.15) is 11.9 Å². The SMILES string of the molecule is Cc1cc(NCC2CCN(C(=O)C(F)(F)F)CC2)n2c(nc3ccccc32)c1C#N. The first-order chi connectivity index (χ1) is 14.3. The highest BCUT2D eigenvalue weighted by Crippen LogP contribution is 2.28. The number of hydrogen-bond donors (Lipinski definition) is 1. The van der Waals surface area contributed by atoms with E-state index in [0.717, 1.165) is 27.3 Å². The number of pyridine rings is 1. The first-order valence-electron chi connectivity index (χ1n) is 9.70. The van der Waals surface area contributed by atoms with E-state index in [1.165, 1.54) is 0 Å². The van der Waals surface area contributed by atoms with Crippen molar-refractivity contribution < 1.29 is 18.0 Å². The molecule has 2 aromatic heterocycles. The van der Waals surface area contributed by atoms with Gasteiger partial charge in [0, 0.05) is 19.6 Å². The lowest BCUT2D eigenvalue weighted by Gasteiger charge is -2.32. The predicted octanol–water partition coefficient (Wildman–Crippen LogP) is 3.88. The molecule has 3 aromatic rings. The highest BCUT2D eigenvalue weighted by atomic mass is 19.4. The molecule has 1 amide bonds. The standard InChI is InChI=1S/C21H20F3N5O/c1-13-10-18(26-12-14-6-8-28(9-7-14)20(30)21(22,23)24)29-17-5-3-2-4-16(17)27-19(29)15(13)11-25/h2-5,10,14,26H,6-9,12H2,1H3. The number of benzene rings is 1. The number of para-hydroxylation sites is 2. The van der Waals surface area contributed by atoms with Crippen molar-refractivity contribution in [2.45, 2.75) is 25.9 Å². The van der Waals surface area contributed by atoms with Crippen molar-refractivity contribution in [2.75, 3.05) is 25.0 Å². The average molecular weight is 415 g/mol. The molecule has 4 rings (SSSR count). The molecule has 156 valence electrons. The van der Waals surface area contributed by atoms with E-state index in [4.69, 9.17) is 0 Å². The maximum atomic E-state index is 12.6. The summed E-state index contributed by atoms with van der Waals surface area (Å²) in [5.74, 6) is -0.838. The number of hydrogen-bond acceptors (Lipinski definition) is 4. The Morgan fingerprint density at radius 2 is 2.00 bits per heavy atom. The zero-order valence-electron chi connectivity index (χ0n) is 16.3. The minimum absolute atomic E-state index is 0.0977. The molecule has 3 heterocycles. The number of carbonyl (C=O) groups is 1. The van der Waals surface area contributed by atoms with Gasteiger partial charge in [-0.2, -0.15) is 18.4 Å². The minimum Gasteiger partial charge on any atom is -0.371 e. The first kappa shape index (κ1) is 20.0. The maximum absolute atomic E-state index is 12.6. The number of carbonyl (C=O) groups excluding carboxylic acids is 1. The van der Waals surface area contributed by atoms with E-state index in [1.807, 2.05) is 41.7 Å². The molecule has 1 N–H and O–H groups in total. The first-order valence-corrected chi connectivity index (χ1v) is 9.70. The van der Waals surface area contributed by atoms with Crippen LogP contribution < -0.4 is 5.32 Å². The van der Waals surface area contributed by atoms with Gasteiger partial charge < -0.3 is 10.2 Å². The lowest BCUT2D eigenvalue weighted by molar-refractivity contribution is -0.186. The number of halogens is 3. The lowest BCUT2D eigenvalue weighted by atomic mass is 9.96. The number of nitrogens with one attached hydrogen (secondary N) is 1. The van der Waals surface area contributed by atoms with Crippen molar-refractivity contribution in [1.82, 2.24) is 14.3 Å². The summed E-state index contributed by atoms with van der Waals surface area (Å²) in [6.45, 7) is 2.60. The summed E-state index contributed by atoms with van der Waals surface area (Å²) >= 11 is 0. The number of nitriles is 1. The molecule has 0 aliphatic carbocycles. The number of likely N-dealkylation sites (tertiary alicyclic amines) is 1. The Hall–Kier alpha value is -3.28. The van der Waals surface area contributed by atoms with Crippen molar-refractivity contribution in [3.8, 4) is 6.07 Å². The monoisotopic (exact) mass is 415 g/mol. The van der Waals surface area contributed by atoms with Gasteiger partial charge in [-0.15, -0.1) is 0 Å². The fraction of sp³-hybridized carbons (Fsp3) is 0.381. The highest BCUT2D eigenvalue weighted by molar-refractivity contribution is 5.85. The minimum atomic E-state index is -4.82. The molecule has 1 aromatic carbocycles. The second-order valence-electron chi connectivity index (χ2n) is 7.57. The molecular formula is C21H20F3N5O. The van der Waals surface area contributed by atoms with Crippen LogP contribution in [-0.2, 0) is 4.79 Å². The Labute approximate surface area is 170 Å². The van der Waals surface area contributed by atoms with Gasteiger partial charge in [-0.05, 0) is 49.4 Å². The number of nitrogens with zero attached hydrogens (tertiary/aromatic N) is 4. The molecule has 0 spiro atoms. The average Bonchev–Trinajstić information content (AvgIpc) is 3.10. The van der Waals surface area contributed by atoms with E-state index in [1.54, 1.807) is 0 Å². The number of fused-ring (bicyclic) bond motifs is 3. The van der Waals surface area contributed by atoms with Crippen LogP contribution >= 0.6 is 0 Å². The van der Waals surface area contributed by atoms with Crippen LogP contribution in [0.5, 0.6) is 0 Å². The van der Waals surface area contributed by atoms with Crippen LogP contribution in [0.3, 0.4) is 0 Å². The van der Waals surface area contributed by atoms with E-state index >= 15 is 0 Å². The molecule has 30 heavy (non-hydrogen) atoms. The number of aryl methyl sites for hydroxylation is 1. The summed E-state index contributed by atoms with van der Waals surface area (Å²) in [5, 5.41) is 12.9.